The normalized spacial score (nSPS) is 16.4. The number of benzene rings is 2. The van der Waals surface area contributed by atoms with Gasteiger partial charge in [0, 0.05) is 6.61 Å². The molecule has 1 heterocycles. The van der Waals surface area contributed by atoms with Gasteiger partial charge in [0.05, 0.1) is 11.3 Å². The van der Waals surface area contributed by atoms with E-state index in [1.165, 1.54) is 12.1 Å². The molecule has 1 aliphatic rings. The van der Waals surface area contributed by atoms with Crippen LogP contribution in [0, 0.1) is 0 Å². The summed E-state index contributed by atoms with van der Waals surface area (Å²) in [6, 6.07) is 14.0. The Morgan fingerprint density at radius 1 is 1.20 bits per heavy atom. The summed E-state index contributed by atoms with van der Waals surface area (Å²) in [4.78, 5) is 23.5. The van der Waals surface area contributed by atoms with Crippen molar-refractivity contribution in [2.45, 2.75) is 25.6 Å². The van der Waals surface area contributed by atoms with Crippen molar-refractivity contribution in [2.75, 3.05) is 11.9 Å². The molecule has 1 fully saturated rings. The lowest BCUT2D eigenvalue weighted by atomic mass is 10.1. The Hall–Kier alpha value is -2.86. The number of nitrogens with one attached hydrogen (secondary N) is 1. The van der Waals surface area contributed by atoms with Gasteiger partial charge in [-0.15, -0.1) is 0 Å². The van der Waals surface area contributed by atoms with Crippen LogP contribution < -0.4 is 10.1 Å². The van der Waals surface area contributed by atoms with E-state index < -0.39 is 12.1 Å². The number of aromatic carboxylic acids is 1. The largest absolute Gasteiger partial charge is 0.487 e. The van der Waals surface area contributed by atoms with E-state index in [4.69, 9.17) is 9.47 Å². The lowest BCUT2D eigenvalue weighted by Gasteiger charge is -2.15. The molecule has 0 radical (unpaired) electrons. The number of rotatable bonds is 6. The average molecular weight is 341 g/mol. The van der Waals surface area contributed by atoms with Gasteiger partial charge in [0.25, 0.3) is 5.91 Å². The van der Waals surface area contributed by atoms with Crippen molar-refractivity contribution in [3.63, 3.8) is 0 Å². The zero-order valence-electron chi connectivity index (χ0n) is 13.6. The minimum Gasteiger partial charge on any atom is -0.487 e. The molecule has 1 unspecified atom stereocenters. The van der Waals surface area contributed by atoms with E-state index in [0.29, 0.717) is 31.1 Å². The SMILES string of the molecule is O=C(O)c1ccc(OCc2ccccc2)c(NC(=O)C2CCCO2)c1. The molecule has 2 aromatic carbocycles. The highest BCUT2D eigenvalue weighted by molar-refractivity contribution is 5.97. The molecule has 0 aliphatic carbocycles. The maximum absolute atomic E-state index is 12.3. The van der Waals surface area contributed by atoms with Crippen LogP contribution in [-0.2, 0) is 16.1 Å². The summed E-state index contributed by atoms with van der Waals surface area (Å²) >= 11 is 0. The number of ether oxygens (including phenoxy) is 2. The van der Waals surface area contributed by atoms with Gasteiger partial charge in [-0.1, -0.05) is 30.3 Å². The van der Waals surface area contributed by atoms with Gasteiger partial charge in [-0.05, 0) is 36.6 Å². The predicted molar refractivity (Wildman–Crippen MR) is 91.8 cm³/mol. The molecular formula is C19H19NO5. The first-order chi connectivity index (χ1) is 12.1. The van der Waals surface area contributed by atoms with Gasteiger partial charge < -0.3 is 19.9 Å². The van der Waals surface area contributed by atoms with E-state index >= 15 is 0 Å². The fourth-order valence-electron chi connectivity index (χ4n) is 2.62. The standard InChI is InChI=1S/C19H19NO5/c21-18(17-7-4-10-24-17)20-15-11-14(19(22)23)8-9-16(15)25-12-13-5-2-1-3-6-13/h1-3,5-6,8-9,11,17H,4,7,10,12H2,(H,20,21)(H,22,23). The Kier molecular flexibility index (Phi) is 5.30. The molecule has 2 aromatic rings. The quantitative estimate of drug-likeness (QED) is 0.843. The predicted octanol–water partition coefficient (Wildman–Crippen LogP) is 3.08. The van der Waals surface area contributed by atoms with Crippen molar-refractivity contribution in [1.29, 1.82) is 0 Å². The number of carboxylic acid groups (broad SMARTS) is 1. The van der Waals surface area contributed by atoms with Crippen LogP contribution in [0.4, 0.5) is 5.69 Å². The maximum Gasteiger partial charge on any atom is 0.335 e. The van der Waals surface area contributed by atoms with Gasteiger partial charge in [-0.2, -0.15) is 0 Å². The third-order valence-corrected chi connectivity index (χ3v) is 3.94. The highest BCUT2D eigenvalue weighted by Gasteiger charge is 2.24. The summed E-state index contributed by atoms with van der Waals surface area (Å²) in [5.41, 5.74) is 1.38. The number of carbonyl (C=O) groups excluding carboxylic acids is 1. The average Bonchev–Trinajstić information content (AvgIpc) is 3.16. The first-order valence-corrected chi connectivity index (χ1v) is 8.10. The summed E-state index contributed by atoms with van der Waals surface area (Å²) in [5, 5.41) is 11.9. The highest BCUT2D eigenvalue weighted by Crippen LogP contribution is 2.28. The van der Waals surface area contributed by atoms with Crippen LogP contribution in [0.1, 0.15) is 28.8 Å². The minimum atomic E-state index is -1.07. The topological polar surface area (TPSA) is 84.9 Å². The van der Waals surface area contributed by atoms with E-state index in [1.54, 1.807) is 6.07 Å². The van der Waals surface area contributed by atoms with Crippen LogP contribution in [0.25, 0.3) is 0 Å². The summed E-state index contributed by atoms with van der Waals surface area (Å²) in [5.74, 6) is -0.938. The molecular weight excluding hydrogens is 322 g/mol. The second kappa shape index (κ2) is 7.81. The molecule has 3 rings (SSSR count). The molecule has 0 bridgehead atoms. The maximum atomic E-state index is 12.3. The molecule has 130 valence electrons. The third-order valence-electron chi connectivity index (χ3n) is 3.94. The second-order valence-electron chi connectivity index (χ2n) is 5.78. The molecule has 1 amide bonds. The highest BCUT2D eigenvalue weighted by atomic mass is 16.5. The van der Waals surface area contributed by atoms with Crippen molar-refractivity contribution in [3.8, 4) is 5.75 Å². The van der Waals surface area contributed by atoms with Gasteiger partial charge in [-0.25, -0.2) is 4.79 Å². The lowest BCUT2D eigenvalue weighted by Crippen LogP contribution is -2.27. The first-order valence-electron chi connectivity index (χ1n) is 8.10. The number of hydrogen-bond donors (Lipinski definition) is 2. The van der Waals surface area contributed by atoms with Gasteiger partial charge in [0.1, 0.15) is 18.5 Å². The summed E-state index contributed by atoms with van der Waals surface area (Å²) in [6.07, 6.45) is 0.991. The Bertz CT molecular complexity index is 754. The molecule has 2 N–H and O–H groups in total. The fourth-order valence-corrected chi connectivity index (χ4v) is 2.62. The minimum absolute atomic E-state index is 0.0784. The molecule has 6 heteroatoms. The van der Waals surface area contributed by atoms with Crippen molar-refractivity contribution < 1.29 is 24.2 Å². The van der Waals surface area contributed by atoms with Crippen LogP contribution in [0.5, 0.6) is 5.75 Å². The molecule has 1 aliphatic heterocycles. The number of anilines is 1. The third kappa shape index (κ3) is 4.36. The smallest absolute Gasteiger partial charge is 0.335 e. The fraction of sp³-hybridized carbons (Fsp3) is 0.263. The van der Waals surface area contributed by atoms with Crippen LogP contribution >= 0.6 is 0 Å². The Morgan fingerprint density at radius 3 is 2.68 bits per heavy atom. The first kappa shape index (κ1) is 17.0. The van der Waals surface area contributed by atoms with Gasteiger partial charge >= 0.3 is 5.97 Å². The van der Waals surface area contributed by atoms with Crippen molar-refractivity contribution in [3.05, 3.63) is 59.7 Å². The van der Waals surface area contributed by atoms with E-state index in [-0.39, 0.29) is 11.5 Å². The molecule has 0 spiro atoms. The Balaban J connectivity index is 1.78. The van der Waals surface area contributed by atoms with Gasteiger partial charge in [0.2, 0.25) is 0 Å². The van der Waals surface area contributed by atoms with Crippen molar-refractivity contribution >= 4 is 17.6 Å². The molecule has 0 aromatic heterocycles. The zero-order valence-corrected chi connectivity index (χ0v) is 13.6. The van der Waals surface area contributed by atoms with Crippen LogP contribution in [0.3, 0.4) is 0 Å². The molecule has 1 saturated heterocycles. The van der Waals surface area contributed by atoms with E-state index in [1.807, 2.05) is 30.3 Å². The number of amides is 1. The lowest BCUT2D eigenvalue weighted by molar-refractivity contribution is -0.124. The van der Waals surface area contributed by atoms with Crippen molar-refractivity contribution in [2.24, 2.45) is 0 Å². The van der Waals surface area contributed by atoms with Crippen LogP contribution in [0.15, 0.2) is 48.5 Å². The zero-order chi connectivity index (χ0) is 17.6. The van der Waals surface area contributed by atoms with Gasteiger partial charge in [0.15, 0.2) is 0 Å². The summed E-state index contributed by atoms with van der Waals surface area (Å²) in [6.45, 7) is 0.876. The van der Waals surface area contributed by atoms with E-state index in [9.17, 15) is 14.7 Å². The number of hydrogen-bond acceptors (Lipinski definition) is 4. The summed E-state index contributed by atoms with van der Waals surface area (Å²) < 4.78 is 11.1. The van der Waals surface area contributed by atoms with Crippen LogP contribution in [-0.4, -0.2) is 29.7 Å². The van der Waals surface area contributed by atoms with E-state index in [0.717, 1.165) is 12.0 Å². The van der Waals surface area contributed by atoms with E-state index in [2.05, 4.69) is 5.32 Å². The van der Waals surface area contributed by atoms with Crippen LogP contribution in [0.2, 0.25) is 0 Å². The Morgan fingerprint density at radius 2 is 2.00 bits per heavy atom. The monoisotopic (exact) mass is 341 g/mol. The molecule has 6 nitrogen and oxygen atoms in total. The second-order valence-corrected chi connectivity index (χ2v) is 5.78. The van der Waals surface area contributed by atoms with Gasteiger partial charge in [-0.3, -0.25) is 4.79 Å². The number of carbonyl (C=O) groups is 2. The molecule has 1 atom stereocenters. The summed E-state index contributed by atoms with van der Waals surface area (Å²) in [7, 11) is 0. The molecule has 25 heavy (non-hydrogen) atoms. The Labute approximate surface area is 145 Å². The molecule has 0 saturated carbocycles. The number of carboxylic acids is 1. The van der Waals surface area contributed by atoms with Crippen molar-refractivity contribution in [1.82, 2.24) is 0 Å².